The minimum absolute atomic E-state index is 0.0302. The van der Waals surface area contributed by atoms with Crippen molar-refractivity contribution in [2.45, 2.75) is 19.4 Å². The lowest BCUT2D eigenvalue weighted by molar-refractivity contribution is 0.354. The molecule has 0 amide bonds. The Morgan fingerprint density at radius 1 is 1.19 bits per heavy atom. The van der Waals surface area contributed by atoms with Gasteiger partial charge in [-0.25, -0.2) is 0 Å². The lowest BCUT2D eigenvalue weighted by Gasteiger charge is -2.27. The van der Waals surface area contributed by atoms with Crippen molar-refractivity contribution in [1.29, 1.82) is 5.26 Å². The van der Waals surface area contributed by atoms with E-state index < -0.39 is 5.92 Å². The normalized spacial score (nSPS) is 15.1. The first kappa shape index (κ1) is 20.2. The SMILES string of the molecule is COc1ccc([C@H]2C(C#N)=C(N)Oc3cc(C)n(Cc4ccco4)c(=O)c32)cc1OC. The van der Waals surface area contributed by atoms with Gasteiger partial charge in [0.2, 0.25) is 5.88 Å². The van der Waals surface area contributed by atoms with E-state index in [2.05, 4.69) is 6.07 Å². The van der Waals surface area contributed by atoms with Crippen molar-refractivity contribution in [3.63, 3.8) is 0 Å². The maximum absolute atomic E-state index is 13.6. The van der Waals surface area contributed by atoms with Gasteiger partial charge in [-0.3, -0.25) is 4.79 Å². The second-order valence-electron chi connectivity index (χ2n) is 7.07. The molecule has 0 radical (unpaired) electrons. The number of pyridine rings is 1. The Balaban J connectivity index is 1.94. The highest BCUT2D eigenvalue weighted by atomic mass is 16.5. The largest absolute Gasteiger partial charge is 0.493 e. The first-order chi connectivity index (χ1) is 15.0. The average Bonchev–Trinajstić information content (AvgIpc) is 3.28. The number of benzene rings is 1. The number of methoxy groups -OCH3 is 2. The van der Waals surface area contributed by atoms with E-state index in [9.17, 15) is 10.1 Å². The van der Waals surface area contributed by atoms with Crippen molar-refractivity contribution in [2.75, 3.05) is 14.2 Å². The van der Waals surface area contributed by atoms with Crippen LogP contribution >= 0.6 is 0 Å². The number of aromatic nitrogens is 1. The van der Waals surface area contributed by atoms with Gasteiger partial charge in [0, 0.05) is 11.8 Å². The molecule has 1 aliphatic rings. The third-order valence-electron chi connectivity index (χ3n) is 5.32. The van der Waals surface area contributed by atoms with E-state index in [1.165, 1.54) is 14.2 Å². The van der Waals surface area contributed by atoms with Crippen LogP contribution in [0.5, 0.6) is 17.2 Å². The standard InChI is InChI=1S/C23H21N3O5/c1-13-9-19-21(23(27)26(13)12-15-5-4-8-30-15)20(16(11-24)22(25)31-19)14-6-7-17(28-2)18(10-14)29-3/h4-10,20H,12,25H2,1-3H3/t20-/m0/s1. The van der Waals surface area contributed by atoms with Gasteiger partial charge in [0.25, 0.3) is 5.56 Å². The highest BCUT2D eigenvalue weighted by molar-refractivity contribution is 5.57. The second kappa shape index (κ2) is 7.95. The number of nitrogens with two attached hydrogens (primary N) is 1. The molecule has 0 spiro atoms. The van der Waals surface area contributed by atoms with Crippen LogP contribution in [0.15, 0.2) is 63.3 Å². The highest BCUT2D eigenvalue weighted by Gasteiger charge is 2.35. The van der Waals surface area contributed by atoms with Gasteiger partial charge in [-0.1, -0.05) is 6.07 Å². The Kier molecular flexibility index (Phi) is 5.17. The van der Waals surface area contributed by atoms with Crippen molar-refractivity contribution in [3.8, 4) is 23.3 Å². The van der Waals surface area contributed by atoms with Gasteiger partial charge in [0.1, 0.15) is 23.2 Å². The summed E-state index contributed by atoms with van der Waals surface area (Å²) in [6.07, 6.45) is 1.56. The smallest absolute Gasteiger partial charge is 0.259 e. The summed E-state index contributed by atoms with van der Waals surface area (Å²) in [5.41, 5.74) is 7.60. The van der Waals surface area contributed by atoms with E-state index in [1.54, 1.807) is 54.2 Å². The molecule has 3 aromatic rings. The zero-order chi connectivity index (χ0) is 22.1. The first-order valence-electron chi connectivity index (χ1n) is 9.54. The molecule has 4 rings (SSSR count). The van der Waals surface area contributed by atoms with Crippen LogP contribution in [0.2, 0.25) is 0 Å². The summed E-state index contributed by atoms with van der Waals surface area (Å²) in [4.78, 5) is 13.6. The Morgan fingerprint density at radius 2 is 1.97 bits per heavy atom. The van der Waals surface area contributed by atoms with Crippen molar-refractivity contribution in [2.24, 2.45) is 5.73 Å². The molecule has 8 nitrogen and oxygen atoms in total. The summed E-state index contributed by atoms with van der Waals surface area (Å²) in [6, 6.07) is 12.7. The molecule has 31 heavy (non-hydrogen) atoms. The third-order valence-corrected chi connectivity index (χ3v) is 5.32. The molecular weight excluding hydrogens is 398 g/mol. The second-order valence-corrected chi connectivity index (χ2v) is 7.07. The van der Waals surface area contributed by atoms with E-state index in [0.717, 1.165) is 0 Å². The third kappa shape index (κ3) is 3.40. The number of nitrogens with zero attached hydrogens (tertiary/aromatic N) is 2. The number of ether oxygens (including phenoxy) is 3. The number of nitriles is 1. The Morgan fingerprint density at radius 3 is 2.61 bits per heavy atom. The summed E-state index contributed by atoms with van der Waals surface area (Å²) >= 11 is 0. The van der Waals surface area contributed by atoms with E-state index in [-0.39, 0.29) is 23.6 Å². The summed E-state index contributed by atoms with van der Waals surface area (Å²) in [6.45, 7) is 2.06. The molecule has 0 aliphatic carbocycles. The average molecular weight is 419 g/mol. The molecule has 0 saturated carbocycles. The number of hydrogen-bond donors (Lipinski definition) is 1. The Labute approximate surface area is 178 Å². The van der Waals surface area contributed by atoms with Gasteiger partial charge >= 0.3 is 0 Å². The van der Waals surface area contributed by atoms with E-state index >= 15 is 0 Å². The van der Waals surface area contributed by atoms with E-state index in [1.807, 2.05) is 0 Å². The monoisotopic (exact) mass is 419 g/mol. The molecule has 0 fully saturated rings. The first-order valence-corrected chi connectivity index (χ1v) is 9.54. The fourth-order valence-corrected chi connectivity index (χ4v) is 3.81. The number of fused-ring (bicyclic) bond motifs is 1. The predicted octanol–water partition coefficient (Wildman–Crippen LogP) is 3.03. The predicted molar refractivity (Wildman–Crippen MR) is 112 cm³/mol. The molecule has 2 N–H and O–H groups in total. The highest BCUT2D eigenvalue weighted by Crippen LogP contribution is 2.42. The van der Waals surface area contributed by atoms with Crippen LogP contribution in [0.3, 0.4) is 0 Å². The van der Waals surface area contributed by atoms with Gasteiger partial charge in [0.05, 0.1) is 38.5 Å². The minimum atomic E-state index is -0.718. The molecule has 158 valence electrons. The number of furan rings is 1. The molecule has 1 atom stereocenters. The Hall–Kier alpha value is -4.12. The maximum Gasteiger partial charge on any atom is 0.259 e. The molecule has 2 aromatic heterocycles. The van der Waals surface area contributed by atoms with Crippen LogP contribution in [0, 0.1) is 18.3 Å². The van der Waals surface area contributed by atoms with E-state index in [0.29, 0.717) is 39.8 Å². The fraction of sp³-hybridized carbons (Fsp3) is 0.217. The lowest BCUT2D eigenvalue weighted by atomic mass is 9.84. The van der Waals surface area contributed by atoms with Crippen LogP contribution < -0.4 is 25.5 Å². The molecule has 0 saturated heterocycles. The van der Waals surface area contributed by atoms with Gasteiger partial charge in [-0.2, -0.15) is 5.26 Å². The lowest BCUT2D eigenvalue weighted by Crippen LogP contribution is -2.33. The molecule has 1 aromatic carbocycles. The molecule has 0 unspecified atom stereocenters. The molecular formula is C23H21N3O5. The minimum Gasteiger partial charge on any atom is -0.493 e. The van der Waals surface area contributed by atoms with Crippen LogP contribution in [0.25, 0.3) is 0 Å². The number of hydrogen-bond acceptors (Lipinski definition) is 7. The maximum atomic E-state index is 13.6. The van der Waals surface area contributed by atoms with E-state index in [4.69, 9.17) is 24.4 Å². The Bertz CT molecular complexity index is 1270. The fourth-order valence-electron chi connectivity index (χ4n) is 3.81. The van der Waals surface area contributed by atoms with Crippen molar-refractivity contribution in [1.82, 2.24) is 4.57 Å². The quantitative estimate of drug-likeness (QED) is 0.676. The zero-order valence-corrected chi connectivity index (χ0v) is 17.3. The zero-order valence-electron chi connectivity index (χ0n) is 17.3. The number of rotatable bonds is 5. The molecule has 0 bridgehead atoms. The summed E-state index contributed by atoms with van der Waals surface area (Å²) < 4.78 is 23.4. The van der Waals surface area contributed by atoms with Crippen LogP contribution in [0.4, 0.5) is 0 Å². The number of allylic oxidation sites excluding steroid dienone is 1. The van der Waals surface area contributed by atoms with Gasteiger partial charge in [-0.05, 0) is 36.8 Å². The van der Waals surface area contributed by atoms with Crippen LogP contribution in [0.1, 0.15) is 28.5 Å². The van der Waals surface area contributed by atoms with Crippen molar-refractivity contribution >= 4 is 0 Å². The van der Waals surface area contributed by atoms with Gasteiger partial charge in [-0.15, -0.1) is 0 Å². The topological polar surface area (TPSA) is 113 Å². The molecule has 3 heterocycles. The van der Waals surface area contributed by atoms with Crippen LogP contribution in [-0.4, -0.2) is 18.8 Å². The summed E-state index contributed by atoms with van der Waals surface area (Å²) in [5, 5.41) is 9.82. The molecule has 8 heteroatoms. The van der Waals surface area contributed by atoms with Crippen molar-refractivity contribution < 1.29 is 18.6 Å². The van der Waals surface area contributed by atoms with Gasteiger partial charge in [0.15, 0.2) is 11.5 Å². The van der Waals surface area contributed by atoms with Crippen LogP contribution in [-0.2, 0) is 6.54 Å². The molecule has 1 aliphatic heterocycles. The number of aryl methyl sites for hydroxylation is 1. The van der Waals surface area contributed by atoms with Crippen molar-refractivity contribution in [3.05, 3.63) is 87.1 Å². The van der Waals surface area contributed by atoms with Gasteiger partial charge < -0.3 is 28.9 Å². The summed E-state index contributed by atoms with van der Waals surface area (Å²) in [7, 11) is 3.06. The summed E-state index contributed by atoms with van der Waals surface area (Å²) in [5.74, 6) is 1.23.